The molecule has 4 heteroatoms. The Kier molecular flexibility index (Phi) is 3.30. The van der Waals surface area contributed by atoms with Crippen molar-refractivity contribution < 1.29 is 0 Å². The predicted octanol–water partition coefficient (Wildman–Crippen LogP) is 2.68. The molecule has 3 rings (SSSR count). The molecule has 1 aliphatic heterocycles. The number of aromatic nitrogens is 2. The summed E-state index contributed by atoms with van der Waals surface area (Å²) in [6.07, 6.45) is 1.95. The Morgan fingerprint density at radius 2 is 2.17 bits per heavy atom. The highest BCUT2D eigenvalue weighted by molar-refractivity contribution is 7.98. The molecule has 0 bridgehead atoms. The molecule has 3 nitrogen and oxygen atoms in total. The first kappa shape index (κ1) is 11.7. The highest BCUT2D eigenvalue weighted by atomic mass is 32.2. The zero-order valence-electron chi connectivity index (χ0n) is 10.3. The molecule has 1 aromatic carbocycles. The standard InChI is InChI=1S/C14H15N3S/c1-10-4-2-3-5-13(10)18-9-14-16-7-11-6-15-8-12(11)17-14/h2-5,7,15H,6,8-9H2,1H3. The second-order valence-electron chi connectivity index (χ2n) is 4.42. The SMILES string of the molecule is Cc1ccccc1SCc1ncc2c(n1)CNC2. The minimum absolute atomic E-state index is 0.831. The topological polar surface area (TPSA) is 37.8 Å². The minimum atomic E-state index is 0.831. The molecule has 2 aromatic rings. The van der Waals surface area contributed by atoms with Crippen LogP contribution in [-0.4, -0.2) is 9.97 Å². The molecule has 92 valence electrons. The van der Waals surface area contributed by atoms with Crippen LogP contribution >= 0.6 is 11.8 Å². The lowest BCUT2D eigenvalue weighted by Gasteiger charge is -2.05. The molecule has 2 heterocycles. The van der Waals surface area contributed by atoms with Crippen molar-refractivity contribution in [3.63, 3.8) is 0 Å². The van der Waals surface area contributed by atoms with Crippen LogP contribution in [0.1, 0.15) is 22.6 Å². The Bertz CT molecular complexity index is 569. The fourth-order valence-corrected chi connectivity index (χ4v) is 2.92. The Balaban J connectivity index is 1.72. The first-order valence-corrected chi connectivity index (χ1v) is 7.04. The molecule has 0 saturated carbocycles. The van der Waals surface area contributed by atoms with E-state index in [1.165, 1.54) is 16.0 Å². The van der Waals surface area contributed by atoms with Gasteiger partial charge < -0.3 is 5.32 Å². The molecular formula is C14H15N3S. The number of thioether (sulfide) groups is 1. The summed E-state index contributed by atoms with van der Waals surface area (Å²) in [6.45, 7) is 3.91. The molecule has 1 aromatic heterocycles. The molecule has 0 aliphatic carbocycles. The molecule has 1 N–H and O–H groups in total. The van der Waals surface area contributed by atoms with Crippen LogP contribution in [0.3, 0.4) is 0 Å². The highest BCUT2D eigenvalue weighted by Crippen LogP contribution is 2.25. The van der Waals surface area contributed by atoms with Gasteiger partial charge in [-0.25, -0.2) is 9.97 Å². The molecule has 0 amide bonds. The van der Waals surface area contributed by atoms with Crippen molar-refractivity contribution in [3.05, 3.63) is 53.1 Å². The minimum Gasteiger partial charge on any atom is -0.307 e. The second-order valence-corrected chi connectivity index (χ2v) is 5.43. The van der Waals surface area contributed by atoms with Crippen LogP contribution in [0.4, 0.5) is 0 Å². The van der Waals surface area contributed by atoms with Crippen LogP contribution in [0.15, 0.2) is 35.4 Å². The maximum Gasteiger partial charge on any atom is 0.138 e. The van der Waals surface area contributed by atoms with Gasteiger partial charge in [-0.15, -0.1) is 11.8 Å². The zero-order chi connectivity index (χ0) is 12.4. The van der Waals surface area contributed by atoms with E-state index >= 15 is 0 Å². The summed E-state index contributed by atoms with van der Waals surface area (Å²) in [4.78, 5) is 10.3. The second kappa shape index (κ2) is 5.08. The summed E-state index contributed by atoms with van der Waals surface area (Å²) in [5, 5.41) is 3.29. The van der Waals surface area contributed by atoms with Crippen LogP contribution in [0.25, 0.3) is 0 Å². The number of hydrogen-bond donors (Lipinski definition) is 1. The van der Waals surface area contributed by atoms with Gasteiger partial charge >= 0.3 is 0 Å². The van der Waals surface area contributed by atoms with Gasteiger partial charge in [-0.3, -0.25) is 0 Å². The number of nitrogens with zero attached hydrogens (tertiary/aromatic N) is 2. The monoisotopic (exact) mass is 257 g/mol. The van der Waals surface area contributed by atoms with Crippen molar-refractivity contribution in [1.82, 2.24) is 15.3 Å². The molecule has 0 spiro atoms. The summed E-state index contributed by atoms with van der Waals surface area (Å²) in [5.74, 6) is 1.75. The quantitative estimate of drug-likeness (QED) is 0.858. The van der Waals surface area contributed by atoms with E-state index in [2.05, 4.69) is 46.5 Å². The average molecular weight is 257 g/mol. The van der Waals surface area contributed by atoms with Crippen molar-refractivity contribution in [2.45, 2.75) is 30.7 Å². The third-order valence-corrected chi connectivity index (χ3v) is 4.23. The van der Waals surface area contributed by atoms with Crippen molar-refractivity contribution in [2.24, 2.45) is 0 Å². The van der Waals surface area contributed by atoms with E-state index < -0.39 is 0 Å². The van der Waals surface area contributed by atoms with Gasteiger partial charge in [-0.1, -0.05) is 18.2 Å². The normalized spacial score (nSPS) is 13.6. The number of hydrogen-bond acceptors (Lipinski definition) is 4. The lowest BCUT2D eigenvalue weighted by atomic mass is 10.2. The highest BCUT2D eigenvalue weighted by Gasteiger charge is 2.12. The molecule has 0 atom stereocenters. The Morgan fingerprint density at radius 3 is 3.06 bits per heavy atom. The molecular weight excluding hydrogens is 242 g/mol. The van der Waals surface area contributed by atoms with E-state index in [0.717, 1.165) is 30.4 Å². The largest absolute Gasteiger partial charge is 0.307 e. The number of fused-ring (bicyclic) bond motifs is 1. The van der Waals surface area contributed by atoms with Crippen molar-refractivity contribution in [1.29, 1.82) is 0 Å². The molecule has 0 unspecified atom stereocenters. The van der Waals surface area contributed by atoms with Gasteiger partial charge in [0.15, 0.2) is 0 Å². The summed E-state index contributed by atoms with van der Waals surface area (Å²) in [5.41, 5.74) is 3.70. The number of benzene rings is 1. The maximum absolute atomic E-state index is 4.60. The van der Waals surface area contributed by atoms with Crippen molar-refractivity contribution in [3.8, 4) is 0 Å². The predicted molar refractivity (Wildman–Crippen MR) is 73.3 cm³/mol. The van der Waals surface area contributed by atoms with E-state index in [1.54, 1.807) is 11.8 Å². The van der Waals surface area contributed by atoms with Gasteiger partial charge in [-0.2, -0.15) is 0 Å². The first-order chi connectivity index (χ1) is 8.83. The summed E-state index contributed by atoms with van der Waals surface area (Å²) >= 11 is 1.80. The smallest absolute Gasteiger partial charge is 0.138 e. The lowest BCUT2D eigenvalue weighted by molar-refractivity contribution is 0.756. The van der Waals surface area contributed by atoms with E-state index in [4.69, 9.17) is 0 Å². The van der Waals surface area contributed by atoms with Gasteiger partial charge in [0.25, 0.3) is 0 Å². The lowest BCUT2D eigenvalue weighted by Crippen LogP contribution is -2.01. The van der Waals surface area contributed by atoms with E-state index in [0.29, 0.717) is 0 Å². The summed E-state index contributed by atoms with van der Waals surface area (Å²) in [7, 11) is 0. The van der Waals surface area contributed by atoms with E-state index in [1.807, 2.05) is 6.20 Å². The summed E-state index contributed by atoms with van der Waals surface area (Å²) < 4.78 is 0. The third kappa shape index (κ3) is 2.40. The van der Waals surface area contributed by atoms with E-state index in [-0.39, 0.29) is 0 Å². The zero-order valence-corrected chi connectivity index (χ0v) is 11.1. The van der Waals surface area contributed by atoms with Gasteiger partial charge in [0, 0.05) is 29.7 Å². The van der Waals surface area contributed by atoms with Crippen LogP contribution in [0.5, 0.6) is 0 Å². The summed E-state index contributed by atoms with van der Waals surface area (Å²) in [6, 6.07) is 8.42. The first-order valence-electron chi connectivity index (χ1n) is 6.06. The fourth-order valence-electron chi connectivity index (χ4n) is 2.03. The van der Waals surface area contributed by atoms with Crippen molar-refractivity contribution in [2.75, 3.05) is 0 Å². The average Bonchev–Trinajstić information content (AvgIpc) is 2.85. The number of rotatable bonds is 3. The number of aryl methyl sites for hydroxylation is 1. The Hall–Kier alpha value is -1.39. The van der Waals surface area contributed by atoms with E-state index in [9.17, 15) is 0 Å². The van der Waals surface area contributed by atoms with Crippen molar-refractivity contribution >= 4 is 11.8 Å². The third-order valence-electron chi connectivity index (χ3n) is 3.06. The fraction of sp³-hybridized carbons (Fsp3) is 0.286. The Labute approximate surface area is 111 Å². The van der Waals surface area contributed by atoms with Gasteiger partial charge in [-0.05, 0) is 18.6 Å². The van der Waals surface area contributed by atoms with Crippen LogP contribution in [0, 0.1) is 6.92 Å². The molecule has 0 fully saturated rings. The Morgan fingerprint density at radius 1 is 1.28 bits per heavy atom. The van der Waals surface area contributed by atoms with Crippen LogP contribution in [-0.2, 0) is 18.8 Å². The van der Waals surface area contributed by atoms with Crippen LogP contribution < -0.4 is 5.32 Å². The number of nitrogens with one attached hydrogen (secondary N) is 1. The van der Waals surface area contributed by atoms with Crippen LogP contribution in [0.2, 0.25) is 0 Å². The van der Waals surface area contributed by atoms with Gasteiger partial charge in [0.05, 0.1) is 11.4 Å². The van der Waals surface area contributed by atoms with Gasteiger partial charge in [0.1, 0.15) is 5.82 Å². The molecule has 18 heavy (non-hydrogen) atoms. The molecule has 0 saturated heterocycles. The maximum atomic E-state index is 4.60. The molecule has 0 radical (unpaired) electrons. The van der Waals surface area contributed by atoms with Gasteiger partial charge in [0.2, 0.25) is 0 Å². The molecule has 1 aliphatic rings.